The Bertz CT molecular complexity index is 473. The van der Waals surface area contributed by atoms with Gasteiger partial charge in [-0.05, 0) is 20.8 Å². The first-order chi connectivity index (χ1) is 8.40. The standard InChI is InChI=1S/C12H16N2O4/c1-12(2,3)17-11(16)14-5-4-10-8(6-14)9(7-15)13-18-10/h7H,4-6H2,1-3H3. The van der Waals surface area contributed by atoms with Gasteiger partial charge in [-0.25, -0.2) is 4.79 Å². The van der Waals surface area contributed by atoms with Gasteiger partial charge in [-0.1, -0.05) is 5.16 Å². The molecule has 1 aliphatic heterocycles. The van der Waals surface area contributed by atoms with E-state index in [1.807, 2.05) is 20.8 Å². The van der Waals surface area contributed by atoms with E-state index in [0.29, 0.717) is 37.1 Å². The third-order valence-corrected chi connectivity index (χ3v) is 2.62. The molecule has 0 fully saturated rings. The average molecular weight is 252 g/mol. The Morgan fingerprint density at radius 3 is 2.83 bits per heavy atom. The van der Waals surface area contributed by atoms with Crippen LogP contribution in [0.4, 0.5) is 4.79 Å². The van der Waals surface area contributed by atoms with E-state index < -0.39 is 5.60 Å². The van der Waals surface area contributed by atoms with E-state index >= 15 is 0 Å². The quantitative estimate of drug-likeness (QED) is 0.712. The predicted molar refractivity (Wildman–Crippen MR) is 62.2 cm³/mol. The zero-order valence-electron chi connectivity index (χ0n) is 10.7. The average Bonchev–Trinajstić information content (AvgIpc) is 2.68. The van der Waals surface area contributed by atoms with Crippen LogP contribution in [0.25, 0.3) is 0 Å². The lowest BCUT2D eigenvalue weighted by Crippen LogP contribution is -2.39. The Morgan fingerprint density at radius 1 is 1.50 bits per heavy atom. The first kappa shape index (κ1) is 12.6. The lowest BCUT2D eigenvalue weighted by molar-refractivity contribution is 0.0218. The van der Waals surface area contributed by atoms with Crippen molar-refractivity contribution in [2.75, 3.05) is 6.54 Å². The highest BCUT2D eigenvalue weighted by Crippen LogP contribution is 2.23. The van der Waals surface area contributed by atoms with E-state index in [1.165, 1.54) is 0 Å². The Hall–Kier alpha value is -1.85. The number of carbonyl (C=O) groups excluding carboxylic acids is 2. The summed E-state index contributed by atoms with van der Waals surface area (Å²) in [5.74, 6) is 0.678. The normalized spacial score (nSPS) is 15.2. The Balaban J connectivity index is 2.11. The molecule has 1 aromatic rings. The van der Waals surface area contributed by atoms with Crippen molar-refractivity contribution < 1.29 is 18.8 Å². The zero-order valence-corrected chi connectivity index (χ0v) is 10.7. The summed E-state index contributed by atoms with van der Waals surface area (Å²) < 4.78 is 10.3. The van der Waals surface area contributed by atoms with Gasteiger partial charge in [0, 0.05) is 18.5 Å². The molecule has 98 valence electrons. The third kappa shape index (κ3) is 2.52. The number of hydrogen-bond donors (Lipinski definition) is 0. The van der Waals surface area contributed by atoms with E-state index in [4.69, 9.17) is 9.26 Å². The number of carbonyl (C=O) groups is 2. The molecule has 6 nitrogen and oxygen atoms in total. The van der Waals surface area contributed by atoms with Crippen LogP contribution in [0.2, 0.25) is 0 Å². The number of amides is 1. The van der Waals surface area contributed by atoms with Crippen molar-refractivity contribution >= 4 is 12.4 Å². The second kappa shape index (κ2) is 4.44. The molecule has 0 atom stereocenters. The molecule has 1 aliphatic rings. The highest BCUT2D eigenvalue weighted by molar-refractivity contribution is 5.75. The molecule has 0 aromatic carbocycles. The number of rotatable bonds is 1. The van der Waals surface area contributed by atoms with Crippen molar-refractivity contribution in [2.45, 2.75) is 39.3 Å². The third-order valence-electron chi connectivity index (χ3n) is 2.62. The van der Waals surface area contributed by atoms with Gasteiger partial charge in [-0.3, -0.25) is 4.79 Å². The van der Waals surface area contributed by atoms with Crippen LogP contribution in [0.1, 0.15) is 42.6 Å². The molecule has 1 amide bonds. The number of hydrogen-bond acceptors (Lipinski definition) is 5. The molecule has 0 aliphatic carbocycles. The Morgan fingerprint density at radius 2 is 2.22 bits per heavy atom. The Kier molecular flexibility index (Phi) is 3.11. The van der Waals surface area contributed by atoms with Gasteiger partial charge in [-0.15, -0.1) is 0 Å². The van der Waals surface area contributed by atoms with E-state index in [2.05, 4.69) is 5.16 Å². The van der Waals surface area contributed by atoms with E-state index in [-0.39, 0.29) is 11.8 Å². The first-order valence-corrected chi connectivity index (χ1v) is 5.81. The Labute approximate surface area is 105 Å². The molecule has 6 heteroatoms. The number of aromatic nitrogens is 1. The minimum Gasteiger partial charge on any atom is -0.444 e. The molecule has 0 spiro atoms. The SMILES string of the molecule is CC(C)(C)OC(=O)N1CCc2onc(C=O)c2C1. The highest BCUT2D eigenvalue weighted by Gasteiger charge is 2.29. The summed E-state index contributed by atoms with van der Waals surface area (Å²) in [6.07, 6.45) is 0.808. The van der Waals surface area contributed by atoms with Crippen LogP contribution in [0.5, 0.6) is 0 Å². The van der Waals surface area contributed by atoms with Crippen LogP contribution in [0.15, 0.2) is 4.52 Å². The fraction of sp³-hybridized carbons (Fsp3) is 0.583. The largest absolute Gasteiger partial charge is 0.444 e. The van der Waals surface area contributed by atoms with Gasteiger partial charge in [-0.2, -0.15) is 0 Å². The maximum absolute atomic E-state index is 11.9. The molecule has 1 aromatic heterocycles. The monoisotopic (exact) mass is 252 g/mol. The van der Waals surface area contributed by atoms with Gasteiger partial charge in [0.25, 0.3) is 0 Å². The van der Waals surface area contributed by atoms with Crippen LogP contribution < -0.4 is 0 Å². The van der Waals surface area contributed by atoms with E-state index in [0.717, 1.165) is 0 Å². The summed E-state index contributed by atoms with van der Waals surface area (Å²) in [5, 5.41) is 3.66. The van der Waals surface area contributed by atoms with E-state index in [9.17, 15) is 9.59 Å². The molecule has 2 rings (SSSR count). The molecule has 2 heterocycles. The maximum atomic E-state index is 11.9. The summed E-state index contributed by atoms with van der Waals surface area (Å²) in [4.78, 5) is 24.3. The van der Waals surface area contributed by atoms with Gasteiger partial charge in [0.15, 0.2) is 12.0 Å². The zero-order chi connectivity index (χ0) is 13.3. The highest BCUT2D eigenvalue weighted by atomic mass is 16.6. The minimum atomic E-state index is -0.528. The molecule has 0 saturated heterocycles. The second-order valence-electron chi connectivity index (χ2n) is 5.24. The lowest BCUT2D eigenvalue weighted by atomic mass is 10.1. The maximum Gasteiger partial charge on any atom is 0.410 e. The summed E-state index contributed by atoms with van der Waals surface area (Å²) in [7, 11) is 0. The predicted octanol–water partition coefficient (Wildman–Crippen LogP) is 1.78. The first-order valence-electron chi connectivity index (χ1n) is 5.81. The van der Waals surface area contributed by atoms with Crippen molar-refractivity contribution in [2.24, 2.45) is 0 Å². The van der Waals surface area contributed by atoms with Crippen molar-refractivity contribution in [3.63, 3.8) is 0 Å². The van der Waals surface area contributed by atoms with E-state index in [1.54, 1.807) is 4.90 Å². The van der Waals surface area contributed by atoms with Gasteiger partial charge in [0.2, 0.25) is 0 Å². The molecule has 0 unspecified atom stereocenters. The summed E-state index contributed by atoms with van der Waals surface area (Å²) in [6.45, 7) is 6.26. The minimum absolute atomic E-state index is 0.262. The number of nitrogens with zero attached hydrogens (tertiary/aromatic N) is 2. The number of fused-ring (bicyclic) bond motifs is 1. The number of aldehydes is 1. The molecular weight excluding hydrogens is 236 g/mol. The fourth-order valence-corrected chi connectivity index (χ4v) is 1.80. The molecular formula is C12H16N2O4. The molecule has 0 N–H and O–H groups in total. The van der Waals surface area contributed by atoms with Crippen LogP contribution in [0, 0.1) is 0 Å². The molecule has 0 bridgehead atoms. The summed E-state index contributed by atoms with van der Waals surface area (Å²) in [6, 6.07) is 0. The van der Waals surface area contributed by atoms with Gasteiger partial charge < -0.3 is 14.2 Å². The van der Waals surface area contributed by atoms with Crippen molar-refractivity contribution in [1.82, 2.24) is 10.1 Å². The van der Waals surface area contributed by atoms with Gasteiger partial charge in [0.1, 0.15) is 11.4 Å². The van der Waals surface area contributed by atoms with Crippen LogP contribution in [-0.4, -0.2) is 34.6 Å². The molecule has 0 radical (unpaired) electrons. The van der Waals surface area contributed by atoms with Crippen molar-refractivity contribution in [3.05, 3.63) is 17.0 Å². The van der Waals surface area contributed by atoms with Crippen molar-refractivity contribution in [1.29, 1.82) is 0 Å². The number of ether oxygens (including phenoxy) is 1. The van der Waals surface area contributed by atoms with Crippen molar-refractivity contribution in [3.8, 4) is 0 Å². The lowest BCUT2D eigenvalue weighted by Gasteiger charge is -2.29. The van der Waals surface area contributed by atoms with Crippen LogP contribution in [0.3, 0.4) is 0 Å². The second-order valence-corrected chi connectivity index (χ2v) is 5.24. The molecule has 0 saturated carbocycles. The smallest absolute Gasteiger partial charge is 0.410 e. The van der Waals surface area contributed by atoms with Gasteiger partial charge in [0.05, 0.1) is 6.54 Å². The van der Waals surface area contributed by atoms with Crippen LogP contribution >= 0.6 is 0 Å². The summed E-state index contributed by atoms with van der Waals surface area (Å²) in [5.41, 5.74) is 0.417. The van der Waals surface area contributed by atoms with Gasteiger partial charge >= 0.3 is 6.09 Å². The summed E-state index contributed by atoms with van der Waals surface area (Å²) >= 11 is 0. The topological polar surface area (TPSA) is 72.6 Å². The fourth-order valence-electron chi connectivity index (χ4n) is 1.80. The molecule has 18 heavy (non-hydrogen) atoms. The van der Waals surface area contributed by atoms with Crippen LogP contribution in [-0.2, 0) is 17.7 Å².